The molecular formula is C21H22ClNO. The van der Waals surface area contributed by atoms with Gasteiger partial charge in [0.15, 0.2) is 0 Å². The second-order valence-corrected chi connectivity index (χ2v) is 8.12. The molecule has 0 saturated heterocycles. The molecule has 2 aromatic rings. The zero-order valence-corrected chi connectivity index (χ0v) is 14.9. The van der Waals surface area contributed by atoms with Gasteiger partial charge in [0.25, 0.3) is 0 Å². The van der Waals surface area contributed by atoms with Crippen molar-refractivity contribution in [2.24, 2.45) is 11.3 Å². The van der Waals surface area contributed by atoms with Gasteiger partial charge in [0.2, 0.25) is 5.91 Å². The van der Waals surface area contributed by atoms with Gasteiger partial charge < -0.3 is 4.90 Å². The number of hydrogen-bond acceptors (Lipinski definition) is 1. The number of hydrogen-bond donors (Lipinski definition) is 0. The Morgan fingerprint density at radius 3 is 2.62 bits per heavy atom. The van der Waals surface area contributed by atoms with Crippen molar-refractivity contribution in [3.8, 4) is 0 Å². The van der Waals surface area contributed by atoms with Crippen LogP contribution in [0, 0.1) is 11.3 Å². The van der Waals surface area contributed by atoms with Crippen LogP contribution < -0.4 is 0 Å². The molecule has 24 heavy (non-hydrogen) atoms. The zero-order valence-electron chi connectivity index (χ0n) is 14.1. The van der Waals surface area contributed by atoms with Crippen molar-refractivity contribution in [3.63, 3.8) is 0 Å². The fourth-order valence-corrected chi connectivity index (χ4v) is 4.13. The normalized spacial score (nSPS) is 24.4. The van der Waals surface area contributed by atoms with Gasteiger partial charge in [0.05, 0.1) is 6.04 Å². The van der Waals surface area contributed by atoms with Crippen LogP contribution in [0.15, 0.2) is 48.5 Å². The van der Waals surface area contributed by atoms with E-state index in [1.165, 1.54) is 11.1 Å². The molecule has 2 nitrogen and oxygen atoms in total. The molecule has 0 spiro atoms. The maximum Gasteiger partial charge on any atom is 0.227 e. The Labute approximate surface area is 148 Å². The topological polar surface area (TPSA) is 20.3 Å². The summed E-state index contributed by atoms with van der Waals surface area (Å²) in [6.45, 7) is 5.14. The van der Waals surface area contributed by atoms with Gasteiger partial charge >= 0.3 is 0 Å². The van der Waals surface area contributed by atoms with Crippen molar-refractivity contribution in [1.82, 2.24) is 4.90 Å². The van der Waals surface area contributed by atoms with E-state index in [4.69, 9.17) is 11.6 Å². The Hall–Kier alpha value is -1.80. The van der Waals surface area contributed by atoms with Gasteiger partial charge in [-0.15, -0.1) is 0 Å². The fraction of sp³-hybridized carbons (Fsp3) is 0.381. The zero-order chi connectivity index (χ0) is 16.9. The van der Waals surface area contributed by atoms with E-state index in [0.29, 0.717) is 5.91 Å². The Morgan fingerprint density at radius 2 is 1.92 bits per heavy atom. The van der Waals surface area contributed by atoms with E-state index in [1.807, 2.05) is 18.2 Å². The monoisotopic (exact) mass is 339 g/mol. The lowest BCUT2D eigenvalue weighted by Crippen LogP contribution is -2.42. The Balaban J connectivity index is 1.77. The highest BCUT2D eigenvalue weighted by Crippen LogP contribution is 2.53. The minimum atomic E-state index is -0.0300. The average molecular weight is 340 g/mol. The molecule has 1 aliphatic carbocycles. The first kappa shape index (κ1) is 15.7. The summed E-state index contributed by atoms with van der Waals surface area (Å²) in [5.41, 5.74) is 3.81. The van der Waals surface area contributed by atoms with Crippen LogP contribution >= 0.6 is 11.6 Å². The van der Waals surface area contributed by atoms with E-state index in [0.717, 1.165) is 30.0 Å². The highest BCUT2D eigenvalue weighted by Gasteiger charge is 2.53. The number of amides is 1. The smallest absolute Gasteiger partial charge is 0.227 e. The Kier molecular flexibility index (Phi) is 3.69. The second kappa shape index (κ2) is 5.63. The van der Waals surface area contributed by atoms with Gasteiger partial charge in [0, 0.05) is 17.5 Å². The largest absolute Gasteiger partial charge is 0.331 e. The fourth-order valence-electron chi connectivity index (χ4n) is 3.93. The highest BCUT2D eigenvalue weighted by molar-refractivity contribution is 6.30. The van der Waals surface area contributed by atoms with E-state index < -0.39 is 0 Å². The summed E-state index contributed by atoms with van der Waals surface area (Å²) in [5, 5.41) is 0.717. The van der Waals surface area contributed by atoms with E-state index in [-0.39, 0.29) is 17.4 Å². The molecular weight excluding hydrogens is 318 g/mol. The van der Waals surface area contributed by atoms with Gasteiger partial charge in [-0.1, -0.05) is 61.8 Å². The molecule has 2 atom stereocenters. The molecule has 0 bridgehead atoms. The summed E-state index contributed by atoms with van der Waals surface area (Å²) in [5.74, 6) is 0.448. The maximum atomic E-state index is 13.1. The van der Waals surface area contributed by atoms with Crippen LogP contribution in [0.5, 0.6) is 0 Å². The predicted molar refractivity (Wildman–Crippen MR) is 97.0 cm³/mol. The summed E-state index contributed by atoms with van der Waals surface area (Å²) in [6, 6.07) is 16.4. The first-order valence-corrected chi connectivity index (χ1v) is 8.99. The van der Waals surface area contributed by atoms with Crippen molar-refractivity contribution < 1.29 is 4.79 Å². The minimum absolute atomic E-state index is 0.0300. The van der Waals surface area contributed by atoms with Crippen molar-refractivity contribution in [1.29, 1.82) is 0 Å². The van der Waals surface area contributed by atoms with Gasteiger partial charge in [-0.25, -0.2) is 0 Å². The van der Waals surface area contributed by atoms with Gasteiger partial charge in [-0.2, -0.15) is 0 Å². The minimum Gasteiger partial charge on any atom is -0.331 e. The maximum absolute atomic E-state index is 13.1. The van der Waals surface area contributed by atoms with Crippen LogP contribution in [0.4, 0.5) is 0 Å². The van der Waals surface area contributed by atoms with Gasteiger partial charge in [0.1, 0.15) is 0 Å². The lowest BCUT2D eigenvalue weighted by Gasteiger charge is -2.38. The van der Waals surface area contributed by atoms with Crippen molar-refractivity contribution in [2.45, 2.75) is 32.7 Å². The lowest BCUT2D eigenvalue weighted by molar-refractivity contribution is -0.135. The highest BCUT2D eigenvalue weighted by atomic mass is 35.5. The summed E-state index contributed by atoms with van der Waals surface area (Å²) in [7, 11) is 0. The quantitative estimate of drug-likeness (QED) is 0.765. The third kappa shape index (κ3) is 2.63. The average Bonchev–Trinajstić information content (AvgIpc) is 3.21. The molecule has 2 aliphatic rings. The molecule has 2 aromatic carbocycles. The molecule has 0 N–H and O–H groups in total. The molecule has 0 aromatic heterocycles. The Bertz CT molecular complexity index is 798. The molecule has 1 fully saturated rings. The summed E-state index contributed by atoms with van der Waals surface area (Å²) < 4.78 is 0. The number of rotatable bonds is 2. The van der Waals surface area contributed by atoms with Crippen LogP contribution in [-0.2, 0) is 11.2 Å². The van der Waals surface area contributed by atoms with Crippen molar-refractivity contribution in [3.05, 3.63) is 70.2 Å². The molecule has 1 aliphatic heterocycles. The number of benzene rings is 2. The van der Waals surface area contributed by atoms with Crippen LogP contribution in [0.2, 0.25) is 5.02 Å². The molecule has 2 unspecified atom stereocenters. The third-order valence-electron chi connectivity index (χ3n) is 5.54. The molecule has 124 valence electrons. The summed E-state index contributed by atoms with van der Waals surface area (Å²) >= 11 is 6.24. The van der Waals surface area contributed by atoms with Gasteiger partial charge in [-0.05, 0) is 47.1 Å². The number of carbonyl (C=O) groups excluding carboxylic acids is 1. The standard InChI is InChI=1S/C21H22ClNO/c1-21(2)13-18(21)20(24)23-11-10-14-6-3-4-9-17(14)19(23)15-7-5-8-16(22)12-15/h3-9,12,18-19H,10-11,13H2,1-2H3. The van der Waals surface area contributed by atoms with Crippen LogP contribution in [0.3, 0.4) is 0 Å². The van der Waals surface area contributed by atoms with Crippen LogP contribution in [-0.4, -0.2) is 17.4 Å². The van der Waals surface area contributed by atoms with Crippen LogP contribution in [0.1, 0.15) is 43.0 Å². The molecule has 4 rings (SSSR count). The second-order valence-electron chi connectivity index (χ2n) is 7.68. The third-order valence-corrected chi connectivity index (χ3v) is 5.78. The molecule has 1 amide bonds. The SMILES string of the molecule is CC1(C)CC1C(=O)N1CCc2ccccc2C1c1cccc(Cl)c1. The first-order valence-electron chi connectivity index (χ1n) is 8.61. The number of halogens is 1. The molecule has 1 saturated carbocycles. The number of fused-ring (bicyclic) bond motifs is 1. The van der Waals surface area contributed by atoms with E-state index in [2.05, 4.69) is 49.1 Å². The number of nitrogens with zero attached hydrogens (tertiary/aromatic N) is 1. The molecule has 3 heteroatoms. The predicted octanol–water partition coefficient (Wildman–Crippen LogP) is 4.86. The van der Waals surface area contributed by atoms with E-state index in [9.17, 15) is 4.79 Å². The van der Waals surface area contributed by atoms with E-state index in [1.54, 1.807) is 0 Å². The van der Waals surface area contributed by atoms with E-state index >= 15 is 0 Å². The molecule has 1 heterocycles. The molecule has 0 radical (unpaired) electrons. The van der Waals surface area contributed by atoms with Crippen LogP contribution in [0.25, 0.3) is 0 Å². The Morgan fingerprint density at radius 1 is 1.17 bits per heavy atom. The first-order chi connectivity index (χ1) is 11.5. The summed E-state index contributed by atoms with van der Waals surface area (Å²) in [4.78, 5) is 15.2. The van der Waals surface area contributed by atoms with Crippen molar-refractivity contribution in [2.75, 3.05) is 6.54 Å². The summed E-state index contributed by atoms with van der Waals surface area (Å²) in [6.07, 6.45) is 1.92. The van der Waals surface area contributed by atoms with Crippen molar-refractivity contribution >= 4 is 17.5 Å². The van der Waals surface area contributed by atoms with Gasteiger partial charge in [-0.3, -0.25) is 4.79 Å². The lowest BCUT2D eigenvalue weighted by atomic mass is 9.87. The number of carbonyl (C=O) groups is 1.